The Bertz CT molecular complexity index is 617. The fraction of sp³-hybridized carbons (Fsp3) is 0.231. The minimum atomic E-state index is -4.42. The first-order valence-corrected chi connectivity index (χ1v) is 5.74. The lowest BCUT2D eigenvalue weighted by Gasteiger charge is -2.10. The molecule has 0 spiro atoms. The molecule has 20 heavy (non-hydrogen) atoms. The van der Waals surface area contributed by atoms with Gasteiger partial charge in [-0.05, 0) is 12.1 Å². The van der Waals surface area contributed by atoms with Crippen molar-refractivity contribution in [1.82, 2.24) is 9.78 Å². The third-order valence-electron chi connectivity index (χ3n) is 2.86. The molecule has 1 aromatic carbocycles. The summed E-state index contributed by atoms with van der Waals surface area (Å²) in [6.07, 6.45) is -1.38. The first-order chi connectivity index (χ1) is 9.29. The summed E-state index contributed by atoms with van der Waals surface area (Å²) >= 11 is 0. The van der Waals surface area contributed by atoms with Crippen LogP contribution in [-0.4, -0.2) is 15.6 Å². The van der Waals surface area contributed by atoms with E-state index in [1.807, 2.05) is 0 Å². The van der Waals surface area contributed by atoms with Crippen molar-refractivity contribution < 1.29 is 18.0 Å². The molecule has 106 valence electrons. The molecule has 1 aromatic heterocycles. The van der Waals surface area contributed by atoms with E-state index in [-0.39, 0.29) is 5.56 Å². The number of hydrogen-bond donors (Lipinski definition) is 1. The van der Waals surface area contributed by atoms with Gasteiger partial charge in [0.25, 0.3) is 0 Å². The predicted octanol–water partition coefficient (Wildman–Crippen LogP) is 2.32. The van der Waals surface area contributed by atoms with E-state index >= 15 is 0 Å². The van der Waals surface area contributed by atoms with Crippen LogP contribution in [0.4, 0.5) is 13.2 Å². The number of benzene rings is 1. The summed E-state index contributed by atoms with van der Waals surface area (Å²) in [5, 5.41) is 3.90. The summed E-state index contributed by atoms with van der Waals surface area (Å²) < 4.78 is 38.8. The van der Waals surface area contributed by atoms with Crippen LogP contribution >= 0.6 is 0 Å². The second-order valence-electron chi connectivity index (χ2n) is 4.36. The molecule has 2 aromatic rings. The van der Waals surface area contributed by atoms with Crippen molar-refractivity contribution >= 4 is 5.78 Å². The zero-order valence-electron chi connectivity index (χ0n) is 10.6. The number of carbonyl (C=O) groups excluding carboxylic acids is 1. The Morgan fingerprint density at radius 1 is 1.30 bits per heavy atom. The number of nitrogens with two attached hydrogens (primary N) is 1. The normalized spacial score (nSPS) is 13.2. The number of aryl methyl sites for hydroxylation is 1. The van der Waals surface area contributed by atoms with Gasteiger partial charge in [-0.3, -0.25) is 9.48 Å². The van der Waals surface area contributed by atoms with Gasteiger partial charge in [0, 0.05) is 24.4 Å². The molecule has 0 radical (unpaired) electrons. The summed E-state index contributed by atoms with van der Waals surface area (Å²) in [7, 11) is 1.68. The lowest BCUT2D eigenvalue weighted by atomic mass is 9.99. The first kappa shape index (κ1) is 14.3. The predicted molar refractivity (Wildman–Crippen MR) is 65.9 cm³/mol. The number of halogens is 3. The maximum atomic E-state index is 12.4. The Hall–Kier alpha value is -2.15. The van der Waals surface area contributed by atoms with E-state index in [2.05, 4.69) is 5.10 Å². The van der Waals surface area contributed by atoms with Crippen molar-refractivity contribution in [3.63, 3.8) is 0 Å². The molecular formula is C13H12F3N3O. The topological polar surface area (TPSA) is 60.9 Å². The number of rotatable bonds is 3. The Balaban J connectivity index is 2.21. The van der Waals surface area contributed by atoms with Crippen molar-refractivity contribution in [2.45, 2.75) is 12.2 Å². The monoisotopic (exact) mass is 283 g/mol. The molecule has 1 atom stereocenters. The number of nitrogens with zero attached hydrogens (tertiary/aromatic N) is 2. The molecule has 1 heterocycles. The Morgan fingerprint density at radius 2 is 1.90 bits per heavy atom. The minimum absolute atomic E-state index is 0.134. The average molecular weight is 283 g/mol. The van der Waals surface area contributed by atoms with Gasteiger partial charge < -0.3 is 5.73 Å². The van der Waals surface area contributed by atoms with Crippen LogP contribution in [0.1, 0.15) is 27.5 Å². The van der Waals surface area contributed by atoms with Gasteiger partial charge >= 0.3 is 6.18 Å². The van der Waals surface area contributed by atoms with Crippen LogP contribution in [0, 0.1) is 0 Å². The molecule has 2 N–H and O–H groups in total. The van der Waals surface area contributed by atoms with E-state index in [9.17, 15) is 18.0 Å². The molecule has 0 aliphatic rings. The molecule has 4 nitrogen and oxygen atoms in total. The van der Waals surface area contributed by atoms with Crippen molar-refractivity contribution in [2.24, 2.45) is 12.8 Å². The summed E-state index contributed by atoms with van der Waals surface area (Å²) in [5.74, 6) is -0.452. The zero-order valence-corrected chi connectivity index (χ0v) is 10.6. The van der Waals surface area contributed by atoms with Crippen LogP contribution in [0.15, 0.2) is 36.7 Å². The van der Waals surface area contributed by atoms with E-state index in [0.29, 0.717) is 5.56 Å². The highest BCUT2D eigenvalue weighted by Gasteiger charge is 2.30. The smallest absolute Gasteiger partial charge is 0.317 e. The van der Waals surface area contributed by atoms with Crippen LogP contribution in [0.5, 0.6) is 0 Å². The first-order valence-electron chi connectivity index (χ1n) is 5.74. The van der Waals surface area contributed by atoms with Crippen LogP contribution in [0.2, 0.25) is 0 Å². The summed E-state index contributed by atoms with van der Waals surface area (Å²) in [5.41, 5.74) is 5.63. The molecule has 1 unspecified atom stereocenters. The standard InChI is InChI=1S/C13H12F3N3O/c1-19-7-9(6-18-19)11(17)12(20)8-2-4-10(5-3-8)13(14,15)16/h2-7,11H,17H2,1H3. The number of Topliss-reactive ketones (excluding diaryl/α,β-unsaturated/α-hetero) is 1. The molecule has 0 fully saturated rings. The number of alkyl halides is 3. The number of ketones is 1. The second-order valence-corrected chi connectivity index (χ2v) is 4.36. The van der Waals surface area contributed by atoms with Gasteiger partial charge in [0.1, 0.15) is 0 Å². The molecule has 0 bridgehead atoms. The van der Waals surface area contributed by atoms with E-state index in [1.165, 1.54) is 10.9 Å². The van der Waals surface area contributed by atoms with Gasteiger partial charge in [0.15, 0.2) is 5.78 Å². The largest absolute Gasteiger partial charge is 0.416 e. The molecule has 0 saturated heterocycles. The summed E-state index contributed by atoms with van der Waals surface area (Å²) in [6, 6.07) is 3.04. The van der Waals surface area contributed by atoms with Crippen molar-refractivity contribution in [3.05, 3.63) is 53.3 Å². The minimum Gasteiger partial charge on any atom is -0.317 e. The number of hydrogen-bond acceptors (Lipinski definition) is 3. The summed E-state index contributed by atoms with van der Waals surface area (Å²) in [4.78, 5) is 12.1. The van der Waals surface area contributed by atoms with Crippen LogP contribution in [0.3, 0.4) is 0 Å². The molecule has 0 saturated carbocycles. The zero-order chi connectivity index (χ0) is 14.9. The quantitative estimate of drug-likeness (QED) is 0.879. The van der Waals surface area contributed by atoms with Crippen molar-refractivity contribution in [1.29, 1.82) is 0 Å². The fourth-order valence-corrected chi connectivity index (χ4v) is 1.76. The molecule has 0 amide bonds. The van der Waals surface area contributed by atoms with Crippen LogP contribution in [-0.2, 0) is 13.2 Å². The van der Waals surface area contributed by atoms with Crippen molar-refractivity contribution in [2.75, 3.05) is 0 Å². The van der Waals surface area contributed by atoms with Gasteiger partial charge in [0.2, 0.25) is 0 Å². The van der Waals surface area contributed by atoms with Gasteiger partial charge in [-0.15, -0.1) is 0 Å². The van der Waals surface area contributed by atoms with Gasteiger partial charge in [-0.1, -0.05) is 12.1 Å². The maximum absolute atomic E-state index is 12.4. The Kier molecular flexibility index (Phi) is 3.63. The molecule has 0 aliphatic carbocycles. The van der Waals surface area contributed by atoms with E-state index in [0.717, 1.165) is 24.3 Å². The van der Waals surface area contributed by atoms with E-state index in [4.69, 9.17) is 5.73 Å². The Morgan fingerprint density at radius 3 is 2.35 bits per heavy atom. The number of carbonyl (C=O) groups is 1. The Labute approximate surface area is 113 Å². The van der Waals surface area contributed by atoms with Crippen molar-refractivity contribution in [3.8, 4) is 0 Å². The third kappa shape index (κ3) is 2.88. The molecule has 0 aliphatic heterocycles. The average Bonchev–Trinajstić information content (AvgIpc) is 2.83. The lowest BCUT2D eigenvalue weighted by molar-refractivity contribution is -0.137. The fourth-order valence-electron chi connectivity index (χ4n) is 1.76. The molecule has 7 heteroatoms. The van der Waals surface area contributed by atoms with Crippen LogP contribution < -0.4 is 5.73 Å². The number of aromatic nitrogens is 2. The highest BCUT2D eigenvalue weighted by molar-refractivity contribution is 6.00. The van der Waals surface area contributed by atoms with Gasteiger partial charge in [-0.2, -0.15) is 18.3 Å². The second kappa shape index (κ2) is 5.09. The summed E-state index contributed by atoms with van der Waals surface area (Å²) in [6.45, 7) is 0. The lowest BCUT2D eigenvalue weighted by Crippen LogP contribution is -2.21. The van der Waals surface area contributed by atoms with E-state index < -0.39 is 23.6 Å². The van der Waals surface area contributed by atoms with E-state index in [1.54, 1.807) is 13.2 Å². The van der Waals surface area contributed by atoms with Gasteiger partial charge in [0.05, 0.1) is 17.8 Å². The van der Waals surface area contributed by atoms with Gasteiger partial charge in [-0.25, -0.2) is 0 Å². The highest BCUT2D eigenvalue weighted by Crippen LogP contribution is 2.29. The SMILES string of the molecule is Cn1cc(C(N)C(=O)c2ccc(C(F)(F)F)cc2)cn1. The molecule has 2 rings (SSSR count). The highest BCUT2D eigenvalue weighted by atomic mass is 19.4. The van der Waals surface area contributed by atoms with Crippen LogP contribution in [0.25, 0.3) is 0 Å². The molecular weight excluding hydrogens is 271 g/mol. The third-order valence-corrected chi connectivity index (χ3v) is 2.86. The maximum Gasteiger partial charge on any atom is 0.416 e.